The monoisotopic (exact) mass is 268 g/mol. The Labute approximate surface area is 124 Å². The maximum absolute atomic E-state index is 2.27. The highest BCUT2D eigenvalue weighted by Crippen LogP contribution is 2.08. The van der Waals surface area contributed by atoms with Crippen molar-refractivity contribution in [3.63, 3.8) is 0 Å². The lowest BCUT2D eigenvalue weighted by Crippen LogP contribution is -1.76. The minimum atomic E-state index is 1.20. The SMILES string of the molecule is CCCCCCCC=CC=CC=Cc1ccccc1C. The summed E-state index contributed by atoms with van der Waals surface area (Å²) in [5.74, 6) is 0. The molecular formula is C20H28. The van der Waals surface area contributed by atoms with Crippen LogP contribution in [0.15, 0.2) is 54.6 Å². The number of rotatable bonds is 9. The molecule has 0 nitrogen and oxygen atoms in total. The molecule has 0 saturated carbocycles. The molecule has 0 aliphatic rings. The molecule has 0 heterocycles. The third-order valence-corrected chi connectivity index (χ3v) is 3.41. The van der Waals surface area contributed by atoms with E-state index in [1.54, 1.807) is 0 Å². The standard InChI is InChI=1S/C20H28/c1-3-4-5-6-7-8-9-10-11-12-13-17-20-18-15-14-16-19(20)2/h9-18H,3-8H2,1-2H3. The number of hydrogen-bond acceptors (Lipinski definition) is 0. The molecule has 0 N–H and O–H groups in total. The molecule has 1 rings (SSSR count). The topological polar surface area (TPSA) is 0 Å². The molecule has 20 heavy (non-hydrogen) atoms. The average molecular weight is 268 g/mol. The van der Waals surface area contributed by atoms with Crippen molar-refractivity contribution in [3.8, 4) is 0 Å². The van der Waals surface area contributed by atoms with Gasteiger partial charge in [0.2, 0.25) is 0 Å². The van der Waals surface area contributed by atoms with Crippen LogP contribution in [0.2, 0.25) is 0 Å². The lowest BCUT2D eigenvalue weighted by atomic mass is 10.1. The van der Waals surface area contributed by atoms with Crippen molar-refractivity contribution < 1.29 is 0 Å². The molecule has 0 atom stereocenters. The first-order chi connectivity index (χ1) is 9.84. The van der Waals surface area contributed by atoms with Gasteiger partial charge in [-0.3, -0.25) is 0 Å². The zero-order valence-corrected chi connectivity index (χ0v) is 13.0. The zero-order chi connectivity index (χ0) is 14.5. The molecule has 0 aliphatic heterocycles. The molecule has 1 aromatic carbocycles. The van der Waals surface area contributed by atoms with E-state index in [4.69, 9.17) is 0 Å². The van der Waals surface area contributed by atoms with Crippen LogP contribution >= 0.6 is 0 Å². The first-order valence-electron chi connectivity index (χ1n) is 7.90. The minimum Gasteiger partial charge on any atom is -0.0845 e. The highest BCUT2D eigenvalue weighted by Gasteiger charge is 1.88. The number of allylic oxidation sites excluding steroid dienone is 5. The Kier molecular flexibility index (Phi) is 9.30. The Morgan fingerprint density at radius 2 is 1.60 bits per heavy atom. The summed E-state index contributed by atoms with van der Waals surface area (Å²) in [5.41, 5.74) is 2.61. The van der Waals surface area contributed by atoms with Gasteiger partial charge in [-0.1, -0.05) is 93.3 Å². The molecule has 0 heteroatoms. The second-order valence-electron chi connectivity index (χ2n) is 5.23. The van der Waals surface area contributed by atoms with Gasteiger partial charge in [-0.25, -0.2) is 0 Å². The van der Waals surface area contributed by atoms with Crippen LogP contribution in [0.25, 0.3) is 6.08 Å². The average Bonchev–Trinajstić information content (AvgIpc) is 2.46. The van der Waals surface area contributed by atoms with Crippen LogP contribution in [-0.2, 0) is 0 Å². The number of benzene rings is 1. The maximum atomic E-state index is 2.27. The molecule has 0 aromatic heterocycles. The van der Waals surface area contributed by atoms with E-state index < -0.39 is 0 Å². The molecule has 0 fully saturated rings. The summed E-state index contributed by atoms with van der Waals surface area (Å²) in [6, 6.07) is 8.44. The molecular weight excluding hydrogens is 240 g/mol. The van der Waals surface area contributed by atoms with Crippen molar-refractivity contribution in [2.45, 2.75) is 52.4 Å². The second-order valence-corrected chi connectivity index (χ2v) is 5.23. The van der Waals surface area contributed by atoms with Gasteiger partial charge in [0, 0.05) is 0 Å². The van der Waals surface area contributed by atoms with E-state index in [1.807, 2.05) is 0 Å². The molecule has 0 aliphatic carbocycles. The lowest BCUT2D eigenvalue weighted by Gasteiger charge is -1.96. The van der Waals surface area contributed by atoms with E-state index in [0.717, 1.165) is 0 Å². The third-order valence-electron chi connectivity index (χ3n) is 3.41. The molecule has 0 radical (unpaired) electrons. The van der Waals surface area contributed by atoms with E-state index in [2.05, 4.69) is 74.6 Å². The maximum Gasteiger partial charge on any atom is -0.0227 e. The van der Waals surface area contributed by atoms with Crippen LogP contribution < -0.4 is 0 Å². The summed E-state index contributed by atoms with van der Waals surface area (Å²) < 4.78 is 0. The molecule has 0 saturated heterocycles. The van der Waals surface area contributed by atoms with Crippen LogP contribution in [0.1, 0.15) is 56.6 Å². The van der Waals surface area contributed by atoms with Gasteiger partial charge in [0.1, 0.15) is 0 Å². The molecule has 1 aromatic rings. The summed E-state index contributed by atoms with van der Waals surface area (Å²) >= 11 is 0. The van der Waals surface area contributed by atoms with E-state index in [-0.39, 0.29) is 0 Å². The Balaban J connectivity index is 2.17. The molecule has 0 bridgehead atoms. The van der Waals surface area contributed by atoms with Gasteiger partial charge >= 0.3 is 0 Å². The van der Waals surface area contributed by atoms with Crippen molar-refractivity contribution in [1.82, 2.24) is 0 Å². The quantitative estimate of drug-likeness (QED) is 0.355. The Morgan fingerprint density at radius 3 is 2.40 bits per heavy atom. The largest absolute Gasteiger partial charge is 0.0845 e. The lowest BCUT2D eigenvalue weighted by molar-refractivity contribution is 0.637. The fourth-order valence-corrected chi connectivity index (χ4v) is 2.10. The highest BCUT2D eigenvalue weighted by atomic mass is 13.9. The second kappa shape index (κ2) is 11.3. The van der Waals surface area contributed by atoms with Gasteiger partial charge < -0.3 is 0 Å². The van der Waals surface area contributed by atoms with Crippen molar-refractivity contribution in [2.75, 3.05) is 0 Å². The molecule has 108 valence electrons. The minimum absolute atomic E-state index is 1.20. The van der Waals surface area contributed by atoms with Crippen molar-refractivity contribution in [1.29, 1.82) is 0 Å². The van der Waals surface area contributed by atoms with Crippen LogP contribution in [0.4, 0.5) is 0 Å². The first kappa shape index (κ1) is 16.5. The summed E-state index contributed by atoms with van der Waals surface area (Å²) in [7, 11) is 0. The fraction of sp³-hybridized carbons (Fsp3) is 0.400. The fourth-order valence-electron chi connectivity index (χ4n) is 2.10. The van der Waals surface area contributed by atoms with Crippen LogP contribution in [-0.4, -0.2) is 0 Å². The van der Waals surface area contributed by atoms with Gasteiger partial charge in [-0.05, 0) is 30.9 Å². The first-order valence-corrected chi connectivity index (χ1v) is 7.90. The van der Waals surface area contributed by atoms with Gasteiger partial charge in [-0.2, -0.15) is 0 Å². The Morgan fingerprint density at radius 1 is 0.850 bits per heavy atom. The van der Waals surface area contributed by atoms with Crippen molar-refractivity contribution >= 4 is 6.08 Å². The number of unbranched alkanes of at least 4 members (excludes halogenated alkanes) is 5. The van der Waals surface area contributed by atoms with E-state index in [9.17, 15) is 0 Å². The molecule has 0 spiro atoms. The number of aryl methyl sites for hydroxylation is 1. The van der Waals surface area contributed by atoms with Gasteiger partial charge in [-0.15, -0.1) is 0 Å². The predicted octanol–water partition coefficient (Wildman–Crippen LogP) is 6.48. The van der Waals surface area contributed by atoms with Crippen LogP contribution in [0, 0.1) is 6.92 Å². The Hall–Kier alpha value is -1.56. The van der Waals surface area contributed by atoms with E-state index >= 15 is 0 Å². The number of hydrogen-bond donors (Lipinski definition) is 0. The smallest absolute Gasteiger partial charge is 0.0227 e. The zero-order valence-electron chi connectivity index (χ0n) is 13.0. The summed E-state index contributed by atoms with van der Waals surface area (Å²) in [6.07, 6.45) is 20.9. The van der Waals surface area contributed by atoms with Crippen molar-refractivity contribution in [2.24, 2.45) is 0 Å². The summed E-state index contributed by atoms with van der Waals surface area (Å²) in [6.45, 7) is 4.40. The van der Waals surface area contributed by atoms with E-state index in [0.29, 0.717) is 0 Å². The highest BCUT2D eigenvalue weighted by molar-refractivity contribution is 5.54. The Bertz CT molecular complexity index is 435. The predicted molar refractivity (Wildman–Crippen MR) is 91.9 cm³/mol. The molecule has 0 amide bonds. The van der Waals surface area contributed by atoms with Crippen LogP contribution in [0.3, 0.4) is 0 Å². The van der Waals surface area contributed by atoms with Gasteiger partial charge in [0.15, 0.2) is 0 Å². The van der Waals surface area contributed by atoms with Gasteiger partial charge in [0.05, 0.1) is 0 Å². The summed E-state index contributed by atoms with van der Waals surface area (Å²) in [4.78, 5) is 0. The van der Waals surface area contributed by atoms with Crippen LogP contribution in [0.5, 0.6) is 0 Å². The summed E-state index contributed by atoms with van der Waals surface area (Å²) in [5, 5.41) is 0. The van der Waals surface area contributed by atoms with Crippen molar-refractivity contribution in [3.05, 3.63) is 65.8 Å². The normalized spacial score (nSPS) is 12.1. The van der Waals surface area contributed by atoms with E-state index in [1.165, 1.54) is 49.7 Å². The third kappa shape index (κ3) is 7.78. The molecule has 0 unspecified atom stereocenters. The van der Waals surface area contributed by atoms with Gasteiger partial charge in [0.25, 0.3) is 0 Å².